The zero-order chi connectivity index (χ0) is 17.2. The SMILES string of the molecule is CC(C)[C@H](NC[C@@H]1CNc2ccnn2C1)c1ccc2c(c1)OCCO2. The molecule has 0 bridgehead atoms. The van der Waals surface area contributed by atoms with Crippen LogP contribution in [0.2, 0.25) is 0 Å². The third-order valence-electron chi connectivity index (χ3n) is 4.94. The van der Waals surface area contributed by atoms with E-state index in [2.05, 4.69) is 41.7 Å². The molecule has 0 saturated carbocycles. The molecule has 2 atom stereocenters. The van der Waals surface area contributed by atoms with Crippen LogP contribution in [0.1, 0.15) is 25.5 Å². The summed E-state index contributed by atoms with van der Waals surface area (Å²) in [5.74, 6) is 3.82. The van der Waals surface area contributed by atoms with E-state index in [1.807, 2.05) is 23.0 Å². The van der Waals surface area contributed by atoms with Crippen LogP contribution >= 0.6 is 0 Å². The number of anilines is 1. The minimum atomic E-state index is 0.287. The van der Waals surface area contributed by atoms with Gasteiger partial charge in [0.1, 0.15) is 19.0 Å². The van der Waals surface area contributed by atoms with Crippen molar-refractivity contribution in [2.75, 3.05) is 31.6 Å². The van der Waals surface area contributed by atoms with E-state index in [0.717, 1.165) is 37.0 Å². The van der Waals surface area contributed by atoms with Gasteiger partial charge >= 0.3 is 0 Å². The molecule has 25 heavy (non-hydrogen) atoms. The average Bonchev–Trinajstić information content (AvgIpc) is 3.09. The molecule has 134 valence electrons. The predicted molar refractivity (Wildman–Crippen MR) is 97.2 cm³/mol. The summed E-state index contributed by atoms with van der Waals surface area (Å²) in [5.41, 5.74) is 1.25. The molecule has 1 aromatic carbocycles. The van der Waals surface area contributed by atoms with E-state index in [4.69, 9.17) is 9.47 Å². The lowest BCUT2D eigenvalue weighted by molar-refractivity contribution is 0.171. The summed E-state index contributed by atoms with van der Waals surface area (Å²) in [5, 5.41) is 11.6. The smallest absolute Gasteiger partial charge is 0.161 e. The largest absolute Gasteiger partial charge is 0.486 e. The van der Waals surface area contributed by atoms with E-state index in [1.165, 1.54) is 5.56 Å². The van der Waals surface area contributed by atoms with Crippen molar-refractivity contribution in [1.29, 1.82) is 0 Å². The fourth-order valence-electron chi connectivity index (χ4n) is 3.61. The fourth-order valence-corrected chi connectivity index (χ4v) is 3.61. The number of benzene rings is 1. The summed E-state index contributed by atoms with van der Waals surface area (Å²) in [6.45, 7) is 8.62. The van der Waals surface area contributed by atoms with Crippen molar-refractivity contribution in [2.45, 2.75) is 26.4 Å². The van der Waals surface area contributed by atoms with Crippen LogP contribution in [0.5, 0.6) is 11.5 Å². The van der Waals surface area contributed by atoms with Crippen LogP contribution in [0, 0.1) is 11.8 Å². The van der Waals surface area contributed by atoms with Crippen LogP contribution in [0.4, 0.5) is 5.82 Å². The second-order valence-corrected chi connectivity index (χ2v) is 7.18. The van der Waals surface area contributed by atoms with E-state index < -0.39 is 0 Å². The summed E-state index contributed by atoms with van der Waals surface area (Å²) < 4.78 is 13.4. The highest BCUT2D eigenvalue weighted by Gasteiger charge is 2.23. The number of hydrogen-bond donors (Lipinski definition) is 2. The van der Waals surface area contributed by atoms with Crippen molar-refractivity contribution in [2.24, 2.45) is 11.8 Å². The molecular formula is C19H26N4O2. The minimum absolute atomic E-state index is 0.287. The van der Waals surface area contributed by atoms with Gasteiger partial charge in [0.2, 0.25) is 0 Å². The highest BCUT2D eigenvalue weighted by atomic mass is 16.6. The number of fused-ring (bicyclic) bond motifs is 2. The first-order valence-electron chi connectivity index (χ1n) is 9.09. The van der Waals surface area contributed by atoms with Gasteiger partial charge in [-0.25, -0.2) is 4.68 Å². The molecule has 4 rings (SSSR count). The van der Waals surface area contributed by atoms with Crippen LogP contribution in [-0.4, -0.2) is 36.1 Å². The number of nitrogens with zero attached hydrogens (tertiary/aromatic N) is 2. The number of rotatable bonds is 5. The number of nitrogens with one attached hydrogen (secondary N) is 2. The Morgan fingerprint density at radius 1 is 1.24 bits per heavy atom. The van der Waals surface area contributed by atoms with Gasteiger partial charge in [0, 0.05) is 37.7 Å². The normalized spacial score (nSPS) is 20.0. The van der Waals surface area contributed by atoms with Crippen molar-refractivity contribution >= 4 is 5.82 Å². The molecule has 0 unspecified atom stereocenters. The second-order valence-electron chi connectivity index (χ2n) is 7.18. The molecule has 2 aliphatic heterocycles. The molecule has 2 aromatic rings. The van der Waals surface area contributed by atoms with Gasteiger partial charge in [-0.15, -0.1) is 0 Å². The molecule has 6 nitrogen and oxygen atoms in total. The Morgan fingerprint density at radius 2 is 2.08 bits per heavy atom. The van der Waals surface area contributed by atoms with Crippen molar-refractivity contribution in [3.05, 3.63) is 36.0 Å². The Labute approximate surface area is 148 Å². The number of aromatic nitrogens is 2. The van der Waals surface area contributed by atoms with Gasteiger partial charge in [0.25, 0.3) is 0 Å². The van der Waals surface area contributed by atoms with Crippen molar-refractivity contribution in [3.63, 3.8) is 0 Å². The molecule has 0 radical (unpaired) electrons. The fraction of sp³-hybridized carbons (Fsp3) is 0.526. The molecule has 1 aromatic heterocycles. The summed E-state index contributed by atoms with van der Waals surface area (Å²) in [7, 11) is 0. The first-order valence-corrected chi connectivity index (χ1v) is 9.09. The van der Waals surface area contributed by atoms with Crippen LogP contribution in [0.15, 0.2) is 30.5 Å². The van der Waals surface area contributed by atoms with Crippen LogP contribution in [-0.2, 0) is 6.54 Å². The van der Waals surface area contributed by atoms with Crippen LogP contribution in [0.3, 0.4) is 0 Å². The summed E-state index contributed by atoms with van der Waals surface area (Å²) in [4.78, 5) is 0. The minimum Gasteiger partial charge on any atom is -0.486 e. The maximum Gasteiger partial charge on any atom is 0.161 e. The summed E-state index contributed by atoms with van der Waals surface area (Å²) in [6, 6.07) is 8.61. The zero-order valence-corrected chi connectivity index (χ0v) is 14.9. The summed E-state index contributed by atoms with van der Waals surface area (Å²) >= 11 is 0. The maximum atomic E-state index is 5.74. The average molecular weight is 342 g/mol. The molecule has 0 saturated heterocycles. The topological polar surface area (TPSA) is 60.3 Å². The highest BCUT2D eigenvalue weighted by Crippen LogP contribution is 2.34. The van der Waals surface area contributed by atoms with E-state index in [-0.39, 0.29) is 6.04 Å². The van der Waals surface area contributed by atoms with E-state index >= 15 is 0 Å². The number of hydrogen-bond acceptors (Lipinski definition) is 5. The molecule has 0 spiro atoms. The Morgan fingerprint density at radius 3 is 2.92 bits per heavy atom. The van der Waals surface area contributed by atoms with Crippen LogP contribution in [0.25, 0.3) is 0 Å². The third kappa shape index (κ3) is 3.44. The lowest BCUT2D eigenvalue weighted by atomic mass is 9.94. The molecule has 6 heteroatoms. The van der Waals surface area contributed by atoms with Gasteiger partial charge in [-0.3, -0.25) is 0 Å². The van der Waals surface area contributed by atoms with Gasteiger partial charge in [-0.2, -0.15) is 5.10 Å². The van der Waals surface area contributed by atoms with Crippen LogP contribution < -0.4 is 20.1 Å². The summed E-state index contributed by atoms with van der Waals surface area (Å²) in [6.07, 6.45) is 1.85. The molecule has 0 fully saturated rings. The second kappa shape index (κ2) is 6.96. The van der Waals surface area contributed by atoms with Crippen molar-refractivity contribution in [3.8, 4) is 11.5 Å². The number of ether oxygens (including phenoxy) is 2. The molecule has 2 aliphatic rings. The lowest BCUT2D eigenvalue weighted by Gasteiger charge is -2.30. The zero-order valence-electron chi connectivity index (χ0n) is 14.9. The van der Waals surface area contributed by atoms with Gasteiger partial charge in [0.15, 0.2) is 11.5 Å². The Kier molecular flexibility index (Phi) is 4.53. The third-order valence-corrected chi connectivity index (χ3v) is 4.94. The van der Waals surface area contributed by atoms with E-state index in [1.54, 1.807) is 0 Å². The monoisotopic (exact) mass is 342 g/mol. The van der Waals surface area contributed by atoms with Gasteiger partial charge in [-0.05, 0) is 23.6 Å². The maximum absolute atomic E-state index is 5.74. The standard InChI is InChI=1S/C19H26N4O2/c1-13(2)19(15-3-4-16-17(9-15)25-8-7-24-16)21-11-14-10-20-18-5-6-22-23(18)12-14/h3-6,9,13-14,19-21H,7-8,10-12H2,1-2H3/t14-,19-/m0/s1. The Hall–Kier alpha value is -2.21. The quantitative estimate of drug-likeness (QED) is 0.875. The molecular weight excluding hydrogens is 316 g/mol. The first-order chi connectivity index (χ1) is 12.2. The first kappa shape index (κ1) is 16.3. The molecule has 0 amide bonds. The molecule has 2 N–H and O–H groups in total. The predicted octanol–water partition coefficient (Wildman–Crippen LogP) is 2.68. The molecule has 0 aliphatic carbocycles. The van der Waals surface area contributed by atoms with E-state index in [0.29, 0.717) is 25.0 Å². The van der Waals surface area contributed by atoms with Gasteiger partial charge in [-0.1, -0.05) is 19.9 Å². The Bertz CT molecular complexity index is 728. The van der Waals surface area contributed by atoms with Gasteiger partial charge < -0.3 is 20.1 Å². The van der Waals surface area contributed by atoms with Gasteiger partial charge in [0.05, 0.1) is 6.20 Å². The molecule has 3 heterocycles. The van der Waals surface area contributed by atoms with Crippen molar-refractivity contribution in [1.82, 2.24) is 15.1 Å². The van der Waals surface area contributed by atoms with Crippen molar-refractivity contribution < 1.29 is 9.47 Å². The highest BCUT2D eigenvalue weighted by molar-refractivity contribution is 5.44. The lowest BCUT2D eigenvalue weighted by Crippen LogP contribution is -2.38. The van der Waals surface area contributed by atoms with E-state index in [9.17, 15) is 0 Å². The Balaban J connectivity index is 1.43.